The molecule has 14 aromatic rings. The Morgan fingerprint density at radius 2 is 0.342 bits per heavy atom. The molecular formula is C88H96N8O16S2. The van der Waals surface area contributed by atoms with E-state index in [2.05, 4.69) is 44.2 Å². The average Bonchev–Trinajstić information content (AvgIpc) is 1.67. The summed E-state index contributed by atoms with van der Waals surface area (Å²) in [5, 5.41) is 0. The van der Waals surface area contributed by atoms with E-state index in [1.165, 1.54) is 55.4 Å². The minimum atomic E-state index is 0. The number of Topliss-reactive ketones (excluding diaryl/α,β-unsaturated/α-hetero) is 4. The molecule has 0 aliphatic heterocycles. The number of carbonyl (C=O) groups is 4. The fourth-order valence-corrected chi connectivity index (χ4v) is 12.6. The second-order valence-corrected chi connectivity index (χ2v) is 27.2. The number of imidazole rings is 4. The molecule has 0 bridgehead atoms. The second kappa shape index (κ2) is 44.1. The topological polar surface area (TPSA) is 383 Å². The van der Waals surface area contributed by atoms with Gasteiger partial charge >= 0.3 is 0 Å². The zero-order chi connectivity index (χ0) is 79.0. The largest absolute Gasteiger partial charge is 0.497 e. The number of aromatic amines is 4. The van der Waals surface area contributed by atoms with Gasteiger partial charge in [-0.3, -0.25) is 0 Å². The van der Waals surface area contributed by atoms with Gasteiger partial charge in [0.15, 0.2) is 0 Å². The number of rotatable bonds is 20. The Morgan fingerprint density at radius 1 is 0.219 bits per heavy atom. The first-order valence-electron chi connectivity index (χ1n) is 34.7. The lowest BCUT2D eigenvalue weighted by Gasteiger charge is -2.06. The maximum absolute atomic E-state index is 9.44. The number of nitrogens with zero attached hydrogens (tertiary/aromatic N) is 4. The molecule has 0 unspecified atom stereocenters. The second-order valence-electron chi connectivity index (χ2n) is 25.0. The summed E-state index contributed by atoms with van der Waals surface area (Å²) in [7, 11) is 13.3. The monoisotopic (exact) mass is 1580 g/mol. The van der Waals surface area contributed by atoms with Gasteiger partial charge in [0.25, 0.3) is 0 Å². The zero-order valence-corrected chi connectivity index (χ0v) is 67.9. The lowest BCUT2D eigenvalue weighted by molar-refractivity contribution is -0.115. The number of carbonyl (C=O) groups excluding carboxylic acids is 4. The Labute approximate surface area is 670 Å². The van der Waals surface area contributed by atoms with Crippen molar-refractivity contribution in [1.82, 2.24) is 39.9 Å². The number of methoxy groups -OCH3 is 8. The Kier molecular flexibility index (Phi) is 35.4. The number of nitrogens with one attached hydrogen (secondary N) is 4. The van der Waals surface area contributed by atoms with Crippen LogP contribution in [0.4, 0.5) is 0 Å². The van der Waals surface area contributed by atoms with Crippen LogP contribution in [-0.2, 0) is 19.2 Å². The van der Waals surface area contributed by atoms with Crippen LogP contribution in [-0.4, -0.2) is 142 Å². The van der Waals surface area contributed by atoms with Crippen LogP contribution in [0.15, 0.2) is 218 Å². The Bertz CT molecular complexity index is 4390. The quantitative estimate of drug-likeness (QED) is 0.0551. The van der Waals surface area contributed by atoms with Gasteiger partial charge in [-0.25, -0.2) is 19.9 Å². The van der Waals surface area contributed by atoms with E-state index < -0.39 is 0 Å². The van der Waals surface area contributed by atoms with Crippen molar-refractivity contribution in [2.24, 2.45) is 0 Å². The van der Waals surface area contributed by atoms with Crippen LogP contribution in [0.2, 0.25) is 0 Å². The van der Waals surface area contributed by atoms with Gasteiger partial charge in [0, 0.05) is 44.5 Å². The predicted octanol–water partition coefficient (Wildman–Crippen LogP) is 17.5. The number of ketones is 4. The lowest BCUT2D eigenvalue weighted by atomic mass is 10.0. The Morgan fingerprint density at radius 3 is 0.465 bits per heavy atom. The van der Waals surface area contributed by atoms with Crippen molar-refractivity contribution in [1.29, 1.82) is 0 Å². The van der Waals surface area contributed by atoms with Crippen molar-refractivity contribution in [3.8, 4) is 179 Å². The smallest absolute Gasteiger partial charge is 0.148 e. The summed E-state index contributed by atoms with van der Waals surface area (Å²) in [5.41, 5.74) is 15.0. The van der Waals surface area contributed by atoms with Gasteiger partial charge < -0.3 is 98.9 Å². The van der Waals surface area contributed by atoms with Crippen LogP contribution in [0.1, 0.15) is 55.4 Å². The van der Waals surface area contributed by atoms with E-state index >= 15 is 0 Å². The highest BCUT2D eigenvalue weighted by Gasteiger charge is 2.24. The molecule has 0 saturated carbocycles. The molecule has 0 atom stereocenters. The normalized spacial score (nSPS) is 9.96. The Balaban J connectivity index is 0.000000333. The van der Waals surface area contributed by atoms with Crippen molar-refractivity contribution in [3.63, 3.8) is 0 Å². The molecule has 26 heteroatoms. The molecule has 6 aromatic heterocycles. The predicted molar refractivity (Wildman–Crippen MR) is 455 cm³/mol. The van der Waals surface area contributed by atoms with Crippen LogP contribution in [0.3, 0.4) is 0 Å². The molecular weight excluding hydrogens is 1490 g/mol. The van der Waals surface area contributed by atoms with Crippen LogP contribution in [0.5, 0.6) is 46.0 Å². The van der Waals surface area contributed by atoms with E-state index in [0.29, 0.717) is 0 Å². The van der Waals surface area contributed by atoms with Crippen molar-refractivity contribution in [2.45, 2.75) is 55.4 Å². The highest BCUT2D eigenvalue weighted by Crippen LogP contribution is 2.44. The zero-order valence-electron chi connectivity index (χ0n) is 66.3. The molecule has 6 heterocycles. The molecule has 0 aliphatic rings. The van der Waals surface area contributed by atoms with Gasteiger partial charge in [-0.15, -0.1) is 22.7 Å². The summed E-state index contributed by atoms with van der Waals surface area (Å²) in [6.45, 7) is 12.2. The number of aromatic nitrogens is 8. The van der Waals surface area contributed by atoms with E-state index in [1.54, 1.807) is 79.6 Å². The summed E-state index contributed by atoms with van der Waals surface area (Å²) in [5.74, 6) is 10.1. The molecule has 0 amide bonds. The number of thiophene rings is 2. The molecule has 596 valence electrons. The van der Waals surface area contributed by atoms with E-state index in [1.807, 2.05) is 194 Å². The van der Waals surface area contributed by atoms with Gasteiger partial charge in [0.05, 0.1) is 122 Å². The molecule has 24 nitrogen and oxygen atoms in total. The number of hydrogen-bond acceptors (Lipinski definition) is 18. The third-order valence-corrected chi connectivity index (χ3v) is 18.1. The molecule has 0 aliphatic carbocycles. The standard InChI is InChI=1S/2C38H32N4O4S.4C3H6O.4H2O/c2*1-43-27-13-5-23(6-14-27)33-34(24-7-15-28(44-2)16-8-24)40-37(39-33)31-21-22-32(47-31)38-41-35(25-9-17-29(45-3)18-10-25)36(42-38)26-11-19-30(46-4)20-12-26;4*1-3(2)4;;;;/h2*5-22H,1-4H3,(H,39,40)(H,41,42);4*1-2H3;4*1H2. The molecule has 0 radical (unpaired) electrons. The van der Waals surface area contributed by atoms with E-state index in [-0.39, 0.29) is 45.0 Å². The fourth-order valence-electron chi connectivity index (χ4n) is 10.8. The van der Waals surface area contributed by atoms with E-state index in [4.69, 9.17) is 57.8 Å². The van der Waals surface area contributed by atoms with Crippen LogP contribution in [0.25, 0.3) is 133 Å². The first-order chi connectivity index (χ1) is 53.0. The average molecular weight is 1590 g/mol. The molecule has 14 rings (SSSR count). The summed E-state index contributed by atoms with van der Waals surface area (Å²) in [4.78, 5) is 76.6. The van der Waals surface area contributed by atoms with Gasteiger partial charge in [-0.05, 0) is 274 Å². The van der Waals surface area contributed by atoms with Crippen molar-refractivity contribution in [3.05, 3.63) is 218 Å². The number of H-pyrrole nitrogens is 4. The molecule has 0 spiro atoms. The molecule has 8 aromatic carbocycles. The first kappa shape index (κ1) is 91.5. The third-order valence-electron chi connectivity index (χ3n) is 15.9. The van der Waals surface area contributed by atoms with Gasteiger partial charge in [0.2, 0.25) is 0 Å². The molecule has 114 heavy (non-hydrogen) atoms. The van der Waals surface area contributed by atoms with Crippen molar-refractivity contribution < 1.29 is 79.0 Å². The maximum atomic E-state index is 9.44. The maximum Gasteiger partial charge on any atom is 0.148 e. The van der Waals surface area contributed by atoms with E-state index in [0.717, 1.165) is 179 Å². The van der Waals surface area contributed by atoms with Crippen LogP contribution in [0, 0.1) is 0 Å². The van der Waals surface area contributed by atoms with Crippen LogP contribution < -0.4 is 37.9 Å². The summed E-state index contributed by atoms with van der Waals surface area (Å²) in [6, 6.07) is 72.0. The summed E-state index contributed by atoms with van der Waals surface area (Å²) < 4.78 is 43.1. The minimum Gasteiger partial charge on any atom is -0.497 e. The van der Waals surface area contributed by atoms with Gasteiger partial charge in [-0.2, -0.15) is 0 Å². The number of ether oxygens (including phenoxy) is 8. The van der Waals surface area contributed by atoms with Crippen LogP contribution >= 0.6 is 22.7 Å². The highest BCUT2D eigenvalue weighted by atomic mass is 32.1. The lowest BCUT2D eigenvalue weighted by Crippen LogP contribution is -1.87. The minimum absolute atomic E-state index is 0. The third kappa shape index (κ3) is 24.5. The highest BCUT2D eigenvalue weighted by molar-refractivity contribution is 7.19. The van der Waals surface area contributed by atoms with Gasteiger partial charge in [0.1, 0.15) is 92.4 Å². The summed E-state index contributed by atoms with van der Waals surface area (Å²) >= 11 is 3.24. The molecule has 0 fully saturated rings. The fraction of sp³-hybridized carbons (Fsp3) is 0.182. The van der Waals surface area contributed by atoms with Gasteiger partial charge in [-0.1, -0.05) is 0 Å². The summed E-state index contributed by atoms with van der Waals surface area (Å²) in [6.07, 6.45) is 0. The van der Waals surface area contributed by atoms with Crippen molar-refractivity contribution >= 4 is 45.8 Å². The van der Waals surface area contributed by atoms with E-state index in [9.17, 15) is 19.2 Å². The SMILES string of the molecule is CC(C)=O.CC(C)=O.CC(C)=O.CC(C)=O.COc1ccc(-c2nc(-c3ccc(-c4nc(-c5ccc(OC)cc5)c(-c5ccc(OC)cc5)[nH]4)s3)[nH]c2-c2ccc(OC)cc2)cc1.COc1ccc(-c2nc(-c3ccc(-c4nc(-c5ccc(OC)cc5)c(-c5ccc(OC)cc5)[nH]4)s3)[nH]c2-c2ccc(OC)cc2)cc1.O.O.O.O. The number of benzene rings is 8. The Hall–Kier alpha value is -13.1. The molecule has 12 N–H and O–H groups in total. The van der Waals surface area contributed by atoms with Crippen molar-refractivity contribution in [2.75, 3.05) is 56.9 Å². The molecule has 0 saturated heterocycles. The first-order valence-corrected chi connectivity index (χ1v) is 36.3. The number of hydrogen-bond donors (Lipinski definition) is 4.